The van der Waals surface area contributed by atoms with Gasteiger partial charge in [0.2, 0.25) is 5.78 Å². The molecular formula is C23H32N3O3+. The zero-order valence-electron chi connectivity index (χ0n) is 17.9. The van der Waals surface area contributed by atoms with Crippen molar-refractivity contribution in [1.82, 2.24) is 9.88 Å². The molecule has 6 heteroatoms. The van der Waals surface area contributed by atoms with Crippen molar-refractivity contribution in [2.45, 2.75) is 45.7 Å². The van der Waals surface area contributed by atoms with Gasteiger partial charge >= 0.3 is 0 Å². The van der Waals surface area contributed by atoms with Crippen molar-refractivity contribution in [3.63, 3.8) is 0 Å². The van der Waals surface area contributed by atoms with Crippen molar-refractivity contribution in [1.29, 1.82) is 0 Å². The summed E-state index contributed by atoms with van der Waals surface area (Å²) in [6, 6.07) is 10.4. The molecule has 0 spiro atoms. The molecule has 2 aromatic rings. The molecule has 0 aliphatic heterocycles. The number of ether oxygens (including phenoxy) is 1. The predicted octanol–water partition coefficient (Wildman–Crippen LogP) is 1.33. The van der Waals surface area contributed by atoms with E-state index in [4.69, 9.17) is 4.74 Å². The van der Waals surface area contributed by atoms with Gasteiger partial charge in [0, 0.05) is 29.5 Å². The number of rotatable bonds is 10. The highest BCUT2D eigenvalue weighted by molar-refractivity contribution is 5.98. The Bertz CT molecular complexity index is 866. The Kier molecular flexibility index (Phi) is 6.75. The number of ketones is 1. The average molecular weight is 399 g/mol. The summed E-state index contributed by atoms with van der Waals surface area (Å²) in [7, 11) is 3.56. The lowest BCUT2D eigenvalue weighted by molar-refractivity contribution is -0.862. The van der Waals surface area contributed by atoms with Gasteiger partial charge in [0.25, 0.3) is 5.91 Å². The summed E-state index contributed by atoms with van der Waals surface area (Å²) in [4.78, 5) is 25.7. The second-order valence-electron chi connectivity index (χ2n) is 8.11. The van der Waals surface area contributed by atoms with Gasteiger partial charge < -0.3 is 19.5 Å². The Labute approximate surface area is 172 Å². The van der Waals surface area contributed by atoms with Crippen LogP contribution in [0.3, 0.4) is 0 Å². The zero-order chi connectivity index (χ0) is 21.0. The number of quaternary nitrogens is 1. The molecule has 1 aliphatic rings. The fourth-order valence-electron chi connectivity index (χ4n) is 3.67. The fraction of sp³-hybridized carbons (Fsp3) is 0.478. The summed E-state index contributed by atoms with van der Waals surface area (Å²) in [5.41, 5.74) is 4.08. The molecule has 0 radical (unpaired) electrons. The maximum absolute atomic E-state index is 12.8. The average Bonchev–Trinajstić information content (AvgIpc) is 3.44. The lowest BCUT2D eigenvalue weighted by atomic mass is 10.1. The van der Waals surface area contributed by atoms with Gasteiger partial charge in [0.1, 0.15) is 12.3 Å². The van der Waals surface area contributed by atoms with Crippen LogP contribution in [0, 0.1) is 13.8 Å². The van der Waals surface area contributed by atoms with E-state index in [0.717, 1.165) is 53.4 Å². The molecule has 1 atom stereocenters. The number of nitrogens with one attached hydrogen (secondary N) is 2. The van der Waals surface area contributed by atoms with E-state index in [-0.39, 0.29) is 11.7 Å². The first kappa shape index (κ1) is 21.1. The molecule has 29 heavy (non-hydrogen) atoms. The smallest absolute Gasteiger partial charge is 0.275 e. The van der Waals surface area contributed by atoms with Crippen LogP contribution in [0.5, 0.6) is 5.75 Å². The summed E-state index contributed by atoms with van der Waals surface area (Å²) >= 11 is 0. The van der Waals surface area contributed by atoms with Crippen LogP contribution in [0.25, 0.3) is 0 Å². The minimum atomic E-state index is 0.0303. The second-order valence-corrected chi connectivity index (χ2v) is 8.11. The number of carbonyl (C=O) groups is 2. The number of likely N-dealkylation sites (N-methyl/N-ethyl adjacent to an activating group) is 1. The molecule has 1 fully saturated rings. The third-order valence-corrected chi connectivity index (χ3v) is 5.52. The number of aryl methyl sites for hydroxylation is 2. The van der Waals surface area contributed by atoms with Crippen LogP contribution < -0.4 is 15.0 Å². The zero-order valence-corrected chi connectivity index (χ0v) is 17.9. The van der Waals surface area contributed by atoms with E-state index < -0.39 is 0 Å². The summed E-state index contributed by atoms with van der Waals surface area (Å²) < 4.78 is 7.41. The molecule has 1 unspecified atom stereocenters. The normalized spacial score (nSPS) is 14.5. The van der Waals surface area contributed by atoms with Gasteiger partial charge in [-0.25, -0.2) is 0 Å². The van der Waals surface area contributed by atoms with Crippen molar-refractivity contribution in [2.24, 2.45) is 0 Å². The summed E-state index contributed by atoms with van der Waals surface area (Å²) in [5, 5.41) is 2.98. The van der Waals surface area contributed by atoms with Crippen molar-refractivity contribution in [3.05, 3.63) is 52.8 Å². The molecule has 2 N–H and O–H groups in total. The topological polar surface area (TPSA) is 64.8 Å². The molecule has 1 aliphatic carbocycles. The van der Waals surface area contributed by atoms with Gasteiger partial charge in [-0.05, 0) is 56.9 Å². The van der Waals surface area contributed by atoms with Crippen LogP contribution in [0.4, 0.5) is 0 Å². The standard InChI is InChI=1S/C23H31N3O3/c1-16-13-21(22(27)14-25(3)15-23(28)24-19-7-8-19)17(2)26(16)12-11-18-5-9-20(29-4)10-6-18/h5-6,9-10,13,19H,7-8,11-12,14-15H2,1-4H3,(H,24,28)/p+1. The van der Waals surface area contributed by atoms with E-state index in [1.807, 2.05) is 39.1 Å². The molecule has 1 amide bonds. The van der Waals surface area contributed by atoms with Crippen molar-refractivity contribution < 1.29 is 19.2 Å². The maximum Gasteiger partial charge on any atom is 0.275 e. The second kappa shape index (κ2) is 9.27. The molecule has 156 valence electrons. The van der Waals surface area contributed by atoms with Crippen molar-refractivity contribution in [3.8, 4) is 5.75 Å². The Morgan fingerprint density at radius 1 is 1.17 bits per heavy atom. The van der Waals surface area contributed by atoms with Crippen LogP contribution in [0.15, 0.2) is 30.3 Å². The van der Waals surface area contributed by atoms with Crippen LogP contribution >= 0.6 is 0 Å². The lowest BCUT2D eigenvalue weighted by Crippen LogP contribution is -3.11. The molecule has 1 aromatic carbocycles. The van der Waals surface area contributed by atoms with E-state index in [1.165, 1.54) is 5.56 Å². The number of carbonyl (C=O) groups excluding carboxylic acids is 2. The number of aromatic nitrogens is 1. The van der Waals surface area contributed by atoms with Crippen LogP contribution in [-0.4, -0.2) is 49.5 Å². The molecule has 1 saturated carbocycles. The number of hydrogen-bond donors (Lipinski definition) is 2. The Morgan fingerprint density at radius 3 is 2.48 bits per heavy atom. The SMILES string of the molecule is COc1ccc(CCn2c(C)cc(C(=O)C[NH+](C)CC(=O)NC3CC3)c2C)cc1. The molecular weight excluding hydrogens is 366 g/mol. The number of hydrogen-bond acceptors (Lipinski definition) is 3. The highest BCUT2D eigenvalue weighted by Crippen LogP contribution is 2.18. The van der Waals surface area contributed by atoms with Gasteiger partial charge in [0.05, 0.1) is 14.2 Å². The first-order chi connectivity index (χ1) is 13.9. The Hall–Kier alpha value is -2.60. The van der Waals surface area contributed by atoms with Gasteiger partial charge in [-0.2, -0.15) is 0 Å². The first-order valence-corrected chi connectivity index (χ1v) is 10.3. The van der Waals surface area contributed by atoms with Crippen molar-refractivity contribution >= 4 is 11.7 Å². The molecule has 0 saturated heterocycles. The predicted molar refractivity (Wildman–Crippen MR) is 113 cm³/mol. The van der Waals surface area contributed by atoms with E-state index in [0.29, 0.717) is 19.1 Å². The molecule has 3 rings (SSSR count). The van der Waals surface area contributed by atoms with E-state index in [9.17, 15) is 9.59 Å². The first-order valence-electron chi connectivity index (χ1n) is 10.3. The van der Waals surface area contributed by atoms with Crippen LogP contribution in [0.2, 0.25) is 0 Å². The minimum absolute atomic E-state index is 0.0303. The van der Waals surface area contributed by atoms with Crippen LogP contribution in [0.1, 0.15) is 40.2 Å². The number of methoxy groups -OCH3 is 1. The highest BCUT2D eigenvalue weighted by Gasteiger charge is 2.25. The van der Waals surface area contributed by atoms with Gasteiger partial charge in [0.15, 0.2) is 6.54 Å². The number of Topliss-reactive ketones (excluding diaryl/α,β-unsaturated/α-hetero) is 1. The molecule has 6 nitrogen and oxygen atoms in total. The molecule has 0 bridgehead atoms. The lowest BCUT2D eigenvalue weighted by Gasteiger charge is -2.13. The fourth-order valence-corrected chi connectivity index (χ4v) is 3.67. The number of nitrogens with zero attached hydrogens (tertiary/aromatic N) is 1. The summed E-state index contributed by atoms with van der Waals surface area (Å²) in [6.07, 6.45) is 3.04. The largest absolute Gasteiger partial charge is 0.497 e. The van der Waals surface area contributed by atoms with Crippen molar-refractivity contribution in [2.75, 3.05) is 27.2 Å². The number of amides is 1. The monoisotopic (exact) mass is 398 g/mol. The van der Waals surface area contributed by atoms with E-state index in [1.54, 1.807) is 7.11 Å². The van der Waals surface area contributed by atoms with E-state index >= 15 is 0 Å². The molecule has 1 aromatic heterocycles. The molecule has 1 heterocycles. The quantitative estimate of drug-likeness (QED) is 0.594. The summed E-state index contributed by atoms with van der Waals surface area (Å²) in [5.74, 6) is 0.973. The minimum Gasteiger partial charge on any atom is -0.497 e. The summed E-state index contributed by atoms with van der Waals surface area (Å²) in [6.45, 7) is 5.52. The van der Waals surface area contributed by atoms with Gasteiger partial charge in [-0.15, -0.1) is 0 Å². The third kappa shape index (κ3) is 5.70. The van der Waals surface area contributed by atoms with Crippen LogP contribution in [-0.2, 0) is 17.8 Å². The van der Waals surface area contributed by atoms with E-state index in [2.05, 4.69) is 22.0 Å². The maximum atomic E-state index is 12.8. The Morgan fingerprint density at radius 2 is 1.86 bits per heavy atom. The third-order valence-electron chi connectivity index (χ3n) is 5.52. The number of benzene rings is 1. The highest BCUT2D eigenvalue weighted by atomic mass is 16.5. The van der Waals surface area contributed by atoms with Gasteiger partial charge in [-0.1, -0.05) is 12.1 Å². The van der Waals surface area contributed by atoms with Gasteiger partial charge in [-0.3, -0.25) is 9.59 Å². The Balaban J connectivity index is 1.58.